The van der Waals surface area contributed by atoms with E-state index in [1.807, 2.05) is 32.4 Å². The molecule has 1 saturated heterocycles. The zero-order valence-corrected chi connectivity index (χ0v) is 15.6. The number of imidazole rings is 1. The Morgan fingerprint density at radius 3 is 2.89 bits per heavy atom. The van der Waals surface area contributed by atoms with Crippen LogP contribution >= 0.6 is 0 Å². The van der Waals surface area contributed by atoms with E-state index in [1.165, 1.54) is 0 Å². The first-order valence-corrected chi connectivity index (χ1v) is 9.36. The number of carbonyl (C=O) groups is 1. The molecule has 0 radical (unpaired) electrons. The van der Waals surface area contributed by atoms with Gasteiger partial charge < -0.3 is 14.6 Å². The summed E-state index contributed by atoms with van der Waals surface area (Å²) in [6.07, 6.45) is 7.88. The molecule has 1 amide bonds. The van der Waals surface area contributed by atoms with Gasteiger partial charge in [-0.1, -0.05) is 6.92 Å². The SMILES string of the molecule is CCC(NC(=O)c1cnc2c(c1)ncn2C1CCOCC1)c1ccnn1C. The van der Waals surface area contributed by atoms with E-state index in [1.54, 1.807) is 17.1 Å². The number of aryl methyl sites for hydroxylation is 1. The molecule has 1 aliphatic heterocycles. The van der Waals surface area contributed by atoms with Crippen LogP contribution in [0.25, 0.3) is 11.2 Å². The Morgan fingerprint density at radius 1 is 1.37 bits per heavy atom. The van der Waals surface area contributed by atoms with E-state index in [9.17, 15) is 4.79 Å². The number of fused-ring (bicyclic) bond motifs is 1. The molecule has 4 rings (SSSR count). The monoisotopic (exact) mass is 368 g/mol. The lowest BCUT2D eigenvalue weighted by Gasteiger charge is -2.23. The summed E-state index contributed by atoms with van der Waals surface area (Å²) in [6.45, 7) is 3.56. The summed E-state index contributed by atoms with van der Waals surface area (Å²) < 4.78 is 9.32. The van der Waals surface area contributed by atoms with Gasteiger partial charge in [0.05, 0.1) is 23.6 Å². The Kier molecular flexibility index (Phi) is 4.89. The highest BCUT2D eigenvalue weighted by Crippen LogP contribution is 2.25. The predicted molar refractivity (Wildman–Crippen MR) is 100 cm³/mol. The lowest BCUT2D eigenvalue weighted by Crippen LogP contribution is -2.29. The number of pyridine rings is 1. The average molecular weight is 368 g/mol. The summed E-state index contributed by atoms with van der Waals surface area (Å²) in [5.74, 6) is -0.155. The Balaban J connectivity index is 1.55. The summed E-state index contributed by atoms with van der Waals surface area (Å²) in [5.41, 5.74) is 3.05. The molecule has 0 saturated carbocycles. The third-order valence-corrected chi connectivity index (χ3v) is 5.19. The highest BCUT2D eigenvalue weighted by Gasteiger charge is 2.21. The minimum absolute atomic E-state index is 0.0968. The van der Waals surface area contributed by atoms with Crippen molar-refractivity contribution >= 4 is 17.1 Å². The van der Waals surface area contributed by atoms with Crippen LogP contribution in [-0.2, 0) is 11.8 Å². The van der Waals surface area contributed by atoms with Crippen LogP contribution in [0.4, 0.5) is 0 Å². The van der Waals surface area contributed by atoms with E-state index in [-0.39, 0.29) is 11.9 Å². The molecular formula is C19H24N6O2. The molecular weight excluding hydrogens is 344 g/mol. The highest BCUT2D eigenvalue weighted by molar-refractivity contribution is 5.96. The van der Waals surface area contributed by atoms with Crippen LogP contribution in [0.15, 0.2) is 30.9 Å². The van der Waals surface area contributed by atoms with Gasteiger partial charge in [0.1, 0.15) is 5.52 Å². The van der Waals surface area contributed by atoms with E-state index in [2.05, 4.69) is 25.0 Å². The Labute approximate surface area is 157 Å². The zero-order valence-electron chi connectivity index (χ0n) is 15.6. The number of aromatic nitrogens is 5. The van der Waals surface area contributed by atoms with Gasteiger partial charge in [0, 0.05) is 38.7 Å². The lowest BCUT2D eigenvalue weighted by molar-refractivity contribution is 0.0704. The number of hydrogen-bond donors (Lipinski definition) is 1. The van der Waals surface area contributed by atoms with Crippen LogP contribution in [0.2, 0.25) is 0 Å². The van der Waals surface area contributed by atoms with Gasteiger partial charge in [-0.25, -0.2) is 9.97 Å². The van der Waals surface area contributed by atoms with E-state index < -0.39 is 0 Å². The standard InChI is InChI=1S/C19H24N6O2/c1-3-15(17-4-7-22-24(17)2)23-19(26)13-10-16-18(20-11-13)25(12-21-16)14-5-8-27-9-6-14/h4,7,10-12,14-15H,3,5-6,8-9H2,1-2H3,(H,23,26). The van der Waals surface area contributed by atoms with Gasteiger partial charge in [-0.2, -0.15) is 5.10 Å². The number of ether oxygens (including phenoxy) is 1. The maximum atomic E-state index is 12.7. The van der Waals surface area contributed by atoms with Gasteiger partial charge in [-0.3, -0.25) is 9.48 Å². The lowest BCUT2D eigenvalue weighted by atomic mass is 10.1. The van der Waals surface area contributed by atoms with Gasteiger partial charge in [-0.15, -0.1) is 0 Å². The summed E-state index contributed by atoms with van der Waals surface area (Å²) >= 11 is 0. The molecule has 1 aliphatic rings. The van der Waals surface area contributed by atoms with Crippen molar-refractivity contribution in [2.24, 2.45) is 7.05 Å². The first-order chi connectivity index (χ1) is 13.2. The Bertz CT molecular complexity index is 941. The smallest absolute Gasteiger partial charge is 0.253 e. The molecule has 8 heteroatoms. The molecule has 3 aromatic rings. The van der Waals surface area contributed by atoms with Crippen molar-refractivity contribution in [2.45, 2.75) is 38.3 Å². The van der Waals surface area contributed by atoms with Crippen molar-refractivity contribution in [3.63, 3.8) is 0 Å². The number of nitrogens with zero attached hydrogens (tertiary/aromatic N) is 5. The van der Waals surface area contributed by atoms with E-state index in [0.717, 1.165) is 49.3 Å². The first-order valence-electron chi connectivity index (χ1n) is 9.36. The quantitative estimate of drug-likeness (QED) is 0.747. The maximum absolute atomic E-state index is 12.7. The van der Waals surface area contributed by atoms with E-state index >= 15 is 0 Å². The van der Waals surface area contributed by atoms with E-state index in [0.29, 0.717) is 11.6 Å². The molecule has 1 atom stereocenters. The molecule has 0 aliphatic carbocycles. The molecule has 8 nitrogen and oxygen atoms in total. The predicted octanol–water partition coefficient (Wildman–Crippen LogP) is 2.40. The van der Waals surface area contributed by atoms with Crippen LogP contribution in [-0.4, -0.2) is 43.4 Å². The minimum Gasteiger partial charge on any atom is -0.381 e. The van der Waals surface area contributed by atoms with Crippen LogP contribution < -0.4 is 5.32 Å². The van der Waals surface area contributed by atoms with E-state index in [4.69, 9.17) is 4.74 Å². The van der Waals surface area contributed by atoms with Crippen LogP contribution in [0.1, 0.15) is 54.3 Å². The molecule has 4 heterocycles. The minimum atomic E-state index is -0.155. The molecule has 1 fully saturated rings. The van der Waals surface area contributed by atoms with Crippen molar-refractivity contribution in [1.82, 2.24) is 29.6 Å². The fourth-order valence-corrected chi connectivity index (χ4v) is 3.63. The summed E-state index contributed by atoms with van der Waals surface area (Å²) in [4.78, 5) is 21.7. The zero-order chi connectivity index (χ0) is 18.8. The number of rotatable bonds is 5. The Hall–Kier alpha value is -2.74. The summed E-state index contributed by atoms with van der Waals surface area (Å²) in [6, 6.07) is 3.99. The second kappa shape index (κ2) is 7.48. The third-order valence-electron chi connectivity index (χ3n) is 5.19. The normalized spacial score (nSPS) is 16.5. The summed E-state index contributed by atoms with van der Waals surface area (Å²) in [5, 5.41) is 7.26. The highest BCUT2D eigenvalue weighted by atomic mass is 16.5. The molecule has 27 heavy (non-hydrogen) atoms. The second-order valence-electron chi connectivity index (χ2n) is 6.88. The molecule has 3 aromatic heterocycles. The maximum Gasteiger partial charge on any atom is 0.253 e. The third kappa shape index (κ3) is 3.44. The van der Waals surface area contributed by atoms with Gasteiger partial charge in [0.25, 0.3) is 5.91 Å². The molecule has 0 bridgehead atoms. The van der Waals surface area contributed by atoms with Crippen molar-refractivity contribution in [3.05, 3.63) is 42.1 Å². The van der Waals surface area contributed by atoms with Crippen molar-refractivity contribution in [2.75, 3.05) is 13.2 Å². The van der Waals surface area contributed by atoms with Crippen molar-refractivity contribution < 1.29 is 9.53 Å². The molecule has 1 N–H and O–H groups in total. The molecule has 142 valence electrons. The molecule has 0 spiro atoms. The summed E-state index contributed by atoms with van der Waals surface area (Å²) in [7, 11) is 1.88. The van der Waals surface area contributed by atoms with Crippen molar-refractivity contribution in [1.29, 1.82) is 0 Å². The number of carbonyl (C=O) groups excluding carboxylic acids is 1. The largest absolute Gasteiger partial charge is 0.381 e. The van der Waals surface area contributed by atoms with Gasteiger partial charge >= 0.3 is 0 Å². The number of nitrogens with one attached hydrogen (secondary N) is 1. The van der Waals surface area contributed by atoms with Crippen molar-refractivity contribution in [3.8, 4) is 0 Å². The van der Waals surface area contributed by atoms with Crippen LogP contribution in [0.5, 0.6) is 0 Å². The average Bonchev–Trinajstić information content (AvgIpc) is 3.32. The second-order valence-corrected chi connectivity index (χ2v) is 6.88. The molecule has 1 unspecified atom stereocenters. The fourth-order valence-electron chi connectivity index (χ4n) is 3.63. The van der Waals surface area contributed by atoms with Crippen LogP contribution in [0, 0.1) is 0 Å². The fraction of sp³-hybridized carbons (Fsp3) is 0.474. The topological polar surface area (TPSA) is 86.9 Å². The first kappa shape index (κ1) is 17.7. The van der Waals surface area contributed by atoms with Crippen LogP contribution in [0.3, 0.4) is 0 Å². The van der Waals surface area contributed by atoms with Gasteiger partial charge in [0.15, 0.2) is 5.65 Å². The molecule has 0 aromatic carbocycles. The Morgan fingerprint density at radius 2 is 2.19 bits per heavy atom. The van der Waals surface area contributed by atoms with Gasteiger partial charge in [-0.05, 0) is 31.4 Å². The number of hydrogen-bond acceptors (Lipinski definition) is 5. The van der Waals surface area contributed by atoms with Gasteiger partial charge in [0.2, 0.25) is 0 Å². The number of amides is 1.